The van der Waals surface area contributed by atoms with Crippen LogP contribution in [0.15, 0.2) is 22.2 Å². The average Bonchev–Trinajstić information content (AvgIpc) is 2.63. The minimum Gasteiger partial charge on any atom is -0.466 e. The first kappa shape index (κ1) is 23.0. The zero-order chi connectivity index (χ0) is 21.2. The molecule has 13 heteroatoms. The lowest BCUT2D eigenvalue weighted by Gasteiger charge is -2.32. The Kier molecular flexibility index (Phi) is 7.38. The van der Waals surface area contributed by atoms with Gasteiger partial charge in [0.15, 0.2) is 0 Å². The number of alkyl halides is 3. The number of nitrogens with zero attached hydrogens (tertiary/aromatic N) is 1. The Hall–Kier alpha value is -1.33. The number of halogens is 6. The lowest BCUT2D eigenvalue weighted by atomic mass is 10.1. The zero-order valence-electron chi connectivity index (χ0n) is 14.2. The predicted molar refractivity (Wildman–Crippen MR) is 97.7 cm³/mol. The number of esters is 2. The standard InChI is InChI=1S/C15H11Cl3F3NO5S/c1-25-13(23)6-4-27-5-22(11(6)14(24)26-2)12-7(16)3-8(9(17)10(12)18)28-15(19,20)21/h3H,4-5H2,1-2H3. The quantitative estimate of drug-likeness (QED) is 0.353. The molecule has 0 aliphatic carbocycles. The van der Waals surface area contributed by atoms with Gasteiger partial charge in [0.25, 0.3) is 0 Å². The number of ether oxygens (including phenoxy) is 3. The van der Waals surface area contributed by atoms with Crippen LogP contribution in [-0.4, -0.2) is 45.0 Å². The Labute approximate surface area is 176 Å². The van der Waals surface area contributed by atoms with Crippen molar-refractivity contribution in [2.45, 2.75) is 10.4 Å². The third-order valence-corrected chi connectivity index (χ3v) is 5.46. The number of methoxy groups -OCH3 is 2. The largest absolute Gasteiger partial charge is 0.466 e. The van der Waals surface area contributed by atoms with Crippen molar-refractivity contribution < 1.29 is 37.0 Å². The second-order valence-corrected chi connectivity index (χ2v) is 7.37. The first-order chi connectivity index (χ1) is 13.0. The average molecular weight is 481 g/mol. The number of rotatable bonds is 4. The van der Waals surface area contributed by atoms with E-state index in [-0.39, 0.29) is 40.3 Å². The molecule has 0 saturated heterocycles. The molecule has 1 aromatic carbocycles. The molecule has 1 heterocycles. The molecule has 28 heavy (non-hydrogen) atoms. The Morgan fingerprint density at radius 3 is 2.29 bits per heavy atom. The number of anilines is 1. The molecular weight excluding hydrogens is 470 g/mol. The smallest absolute Gasteiger partial charge is 0.446 e. The molecular formula is C15H11Cl3F3NO5S. The van der Waals surface area contributed by atoms with Crippen molar-refractivity contribution in [1.29, 1.82) is 0 Å². The van der Waals surface area contributed by atoms with E-state index in [0.717, 1.165) is 25.2 Å². The summed E-state index contributed by atoms with van der Waals surface area (Å²) in [6.45, 7) is -0.564. The summed E-state index contributed by atoms with van der Waals surface area (Å²) in [6, 6.07) is 0.949. The minimum atomic E-state index is -4.62. The highest BCUT2D eigenvalue weighted by atomic mass is 35.5. The first-order valence-corrected chi connectivity index (χ1v) is 9.15. The molecule has 0 radical (unpaired) electrons. The lowest BCUT2D eigenvalue weighted by Crippen LogP contribution is -2.39. The molecule has 0 unspecified atom stereocenters. The molecule has 1 aliphatic rings. The van der Waals surface area contributed by atoms with Gasteiger partial charge >= 0.3 is 17.4 Å². The molecule has 154 valence electrons. The zero-order valence-corrected chi connectivity index (χ0v) is 17.2. The third-order valence-electron chi connectivity index (χ3n) is 3.43. The van der Waals surface area contributed by atoms with Crippen molar-refractivity contribution >= 4 is 64.2 Å². The van der Waals surface area contributed by atoms with E-state index in [1.165, 1.54) is 0 Å². The Morgan fingerprint density at radius 1 is 1.14 bits per heavy atom. The summed E-state index contributed by atoms with van der Waals surface area (Å²) in [5.41, 5.74) is -5.21. The van der Waals surface area contributed by atoms with Crippen LogP contribution in [0.1, 0.15) is 0 Å². The minimum absolute atomic E-state index is 0.124. The van der Waals surface area contributed by atoms with Crippen LogP contribution in [-0.2, 0) is 23.8 Å². The van der Waals surface area contributed by atoms with Gasteiger partial charge in [-0.25, -0.2) is 9.59 Å². The van der Waals surface area contributed by atoms with Crippen LogP contribution in [0.5, 0.6) is 0 Å². The molecule has 0 amide bonds. The molecule has 0 N–H and O–H groups in total. The second-order valence-electron chi connectivity index (χ2n) is 5.10. The Bertz CT molecular complexity index is 847. The topological polar surface area (TPSA) is 65.1 Å². The van der Waals surface area contributed by atoms with Crippen LogP contribution in [0.3, 0.4) is 0 Å². The molecule has 0 aromatic heterocycles. The van der Waals surface area contributed by atoms with Crippen LogP contribution in [0.4, 0.5) is 18.9 Å². The van der Waals surface area contributed by atoms with Gasteiger partial charge in [-0.3, -0.25) is 0 Å². The summed E-state index contributed by atoms with van der Waals surface area (Å²) in [6.07, 6.45) is 0. The second kappa shape index (κ2) is 9.00. The van der Waals surface area contributed by atoms with Gasteiger partial charge < -0.3 is 19.1 Å². The molecule has 1 aromatic rings. The van der Waals surface area contributed by atoms with Crippen molar-refractivity contribution in [2.24, 2.45) is 0 Å². The number of thioether (sulfide) groups is 1. The van der Waals surface area contributed by atoms with Gasteiger partial charge in [0, 0.05) is 4.90 Å². The van der Waals surface area contributed by atoms with Crippen LogP contribution in [0, 0.1) is 0 Å². The van der Waals surface area contributed by atoms with E-state index >= 15 is 0 Å². The fraction of sp³-hybridized carbons (Fsp3) is 0.333. The first-order valence-electron chi connectivity index (χ1n) is 7.20. The molecule has 0 bridgehead atoms. The van der Waals surface area contributed by atoms with Crippen LogP contribution < -0.4 is 4.90 Å². The van der Waals surface area contributed by atoms with Gasteiger partial charge in [0.2, 0.25) is 0 Å². The summed E-state index contributed by atoms with van der Waals surface area (Å²) >= 11 is 17.8. The Balaban J connectivity index is 2.66. The van der Waals surface area contributed by atoms with Gasteiger partial charge in [-0.2, -0.15) is 13.2 Å². The molecule has 0 saturated carbocycles. The van der Waals surface area contributed by atoms with Gasteiger partial charge in [-0.15, -0.1) is 0 Å². The van der Waals surface area contributed by atoms with Gasteiger partial charge in [0.05, 0.1) is 47.2 Å². The molecule has 2 rings (SSSR count). The van der Waals surface area contributed by atoms with Crippen molar-refractivity contribution in [3.8, 4) is 0 Å². The third kappa shape index (κ3) is 4.80. The van der Waals surface area contributed by atoms with E-state index < -0.39 is 39.1 Å². The highest BCUT2D eigenvalue weighted by molar-refractivity contribution is 8.00. The normalized spacial score (nSPS) is 14.9. The predicted octanol–water partition coefficient (Wildman–Crippen LogP) is 4.65. The maximum Gasteiger partial charge on any atom is 0.446 e. The van der Waals surface area contributed by atoms with Crippen molar-refractivity contribution in [3.63, 3.8) is 0 Å². The molecule has 1 aliphatic heterocycles. The lowest BCUT2D eigenvalue weighted by molar-refractivity contribution is -0.140. The van der Waals surface area contributed by atoms with Crippen LogP contribution in [0.25, 0.3) is 0 Å². The van der Waals surface area contributed by atoms with Crippen LogP contribution >= 0.6 is 46.6 Å². The highest BCUT2D eigenvalue weighted by Gasteiger charge is 2.36. The fourth-order valence-electron chi connectivity index (χ4n) is 2.33. The number of hydrogen-bond acceptors (Lipinski definition) is 7. The summed E-state index contributed by atoms with van der Waals surface area (Å²) in [7, 11) is 2.18. The summed E-state index contributed by atoms with van der Waals surface area (Å²) in [5, 5.41) is -1.05. The Morgan fingerprint density at radius 2 is 1.75 bits per heavy atom. The van der Waals surface area contributed by atoms with E-state index in [4.69, 9.17) is 44.3 Å². The van der Waals surface area contributed by atoms with Crippen molar-refractivity contribution in [3.05, 3.63) is 32.4 Å². The van der Waals surface area contributed by atoms with Crippen molar-refractivity contribution in [1.82, 2.24) is 0 Å². The maximum atomic E-state index is 12.7. The number of hydrogen-bond donors (Lipinski definition) is 0. The van der Waals surface area contributed by atoms with E-state index in [1.54, 1.807) is 0 Å². The van der Waals surface area contributed by atoms with Gasteiger partial charge in [0.1, 0.15) is 12.4 Å². The number of carbonyl (C=O) groups is 2. The summed E-state index contributed by atoms with van der Waals surface area (Å²) in [5.74, 6) is -1.80. The number of benzene rings is 1. The van der Waals surface area contributed by atoms with E-state index in [1.807, 2.05) is 0 Å². The number of carbonyl (C=O) groups excluding carboxylic acids is 2. The van der Waals surface area contributed by atoms with E-state index in [2.05, 4.69) is 4.74 Å². The summed E-state index contributed by atoms with van der Waals surface area (Å²) < 4.78 is 52.7. The fourth-order valence-corrected chi connectivity index (χ4v) is 3.99. The molecule has 0 spiro atoms. The SMILES string of the molecule is COC(=O)C1=C(C(=O)OC)N(c2c(Cl)cc(SC(F)(F)F)c(Cl)c2Cl)COC1. The molecule has 6 nitrogen and oxygen atoms in total. The van der Waals surface area contributed by atoms with E-state index in [0.29, 0.717) is 0 Å². The van der Waals surface area contributed by atoms with Gasteiger partial charge in [-0.05, 0) is 17.8 Å². The van der Waals surface area contributed by atoms with E-state index in [9.17, 15) is 22.8 Å². The highest BCUT2D eigenvalue weighted by Crippen LogP contribution is 2.49. The van der Waals surface area contributed by atoms with Crippen LogP contribution in [0.2, 0.25) is 15.1 Å². The van der Waals surface area contributed by atoms with Gasteiger partial charge in [-0.1, -0.05) is 34.8 Å². The monoisotopic (exact) mass is 479 g/mol. The maximum absolute atomic E-state index is 12.7. The molecule has 0 atom stereocenters. The van der Waals surface area contributed by atoms with Crippen molar-refractivity contribution in [2.75, 3.05) is 32.5 Å². The summed E-state index contributed by atoms with van der Waals surface area (Å²) in [4.78, 5) is 24.9. The molecule has 0 fully saturated rings.